The summed E-state index contributed by atoms with van der Waals surface area (Å²) in [5, 5.41) is 0. The van der Waals surface area contributed by atoms with E-state index in [9.17, 15) is 26.4 Å². The first kappa shape index (κ1) is 20.6. The molecule has 1 aromatic carbocycles. The molecule has 2 aliphatic heterocycles. The predicted octanol–water partition coefficient (Wildman–Crippen LogP) is 2.11. The van der Waals surface area contributed by atoms with E-state index >= 15 is 0 Å². The van der Waals surface area contributed by atoms with Crippen LogP contribution in [0.2, 0.25) is 0 Å². The van der Waals surface area contributed by atoms with Gasteiger partial charge in [-0.25, -0.2) is 18.4 Å². The Labute approximate surface area is 171 Å². The molecular formula is C19H19F3N4O3S. The van der Waals surface area contributed by atoms with E-state index in [2.05, 4.69) is 9.97 Å². The van der Waals surface area contributed by atoms with E-state index in [1.54, 1.807) is 21.9 Å². The first-order valence-corrected chi connectivity index (χ1v) is 11.2. The lowest BCUT2D eigenvalue weighted by atomic mass is 10.0. The Kier molecular flexibility index (Phi) is 4.95. The maximum Gasteiger partial charge on any atom is 0.433 e. The van der Waals surface area contributed by atoms with Gasteiger partial charge in [0.2, 0.25) is 5.95 Å². The van der Waals surface area contributed by atoms with Crippen molar-refractivity contribution in [3.8, 4) is 0 Å². The Balaban J connectivity index is 1.48. The molecular weight excluding hydrogens is 421 g/mol. The second kappa shape index (κ2) is 7.22. The first-order chi connectivity index (χ1) is 14.0. The number of aromatic nitrogens is 2. The minimum atomic E-state index is -4.54. The lowest BCUT2D eigenvalue weighted by Crippen LogP contribution is -2.34. The number of hydrogen-bond acceptors (Lipinski definition) is 6. The van der Waals surface area contributed by atoms with Crippen molar-refractivity contribution in [2.24, 2.45) is 11.8 Å². The average molecular weight is 440 g/mol. The summed E-state index contributed by atoms with van der Waals surface area (Å²) in [6, 6.07) is 6.92. The Morgan fingerprint density at radius 1 is 1.07 bits per heavy atom. The molecule has 0 N–H and O–H groups in total. The third-order valence-corrected chi connectivity index (χ3v) is 6.66. The molecule has 0 aliphatic carbocycles. The molecule has 7 nitrogen and oxygen atoms in total. The van der Waals surface area contributed by atoms with Crippen molar-refractivity contribution in [2.45, 2.75) is 11.1 Å². The van der Waals surface area contributed by atoms with Gasteiger partial charge in [-0.05, 0) is 18.2 Å². The summed E-state index contributed by atoms with van der Waals surface area (Å²) in [6.07, 6.45) is -2.38. The summed E-state index contributed by atoms with van der Waals surface area (Å²) >= 11 is 0. The van der Waals surface area contributed by atoms with Crippen molar-refractivity contribution in [3.63, 3.8) is 0 Å². The van der Waals surface area contributed by atoms with Gasteiger partial charge in [-0.2, -0.15) is 13.2 Å². The number of carbonyl (C=O) groups excluding carboxylic acids is 1. The average Bonchev–Trinajstić information content (AvgIpc) is 3.25. The number of anilines is 1. The third kappa shape index (κ3) is 3.85. The highest BCUT2D eigenvalue weighted by Crippen LogP contribution is 2.35. The van der Waals surface area contributed by atoms with E-state index in [0.717, 1.165) is 18.5 Å². The SMILES string of the molecule is CS(=O)(=O)c1ccccc1C(=O)N1CC2CN(c3nccc(C(F)(F)F)n3)CC2C1. The molecule has 2 aromatic rings. The van der Waals surface area contributed by atoms with Gasteiger partial charge in [0, 0.05) is 50.5 Å². The molecule has 2 unspecified atom stereocenters. The number of rotatable bonds is 3. The van der Waals surface area contributed by atoms with Gasteiger partial charge in [-0.3, -0.25) is 4.79 Å². The molecule has 3 heterocycles. The van der Waals surface area contributed by atoms with Gasteiger partial charge in [0.1, 0.15) is 5.69 Å². The van der Waals surface area contributed by atoms with E-state index < -0.39 is 21.7 Å². The molecule has 0 bridgehead atoms. The molecule has 2 fully saturated rings. The van der Waals surface area contributed by atoms with E-state index in [0.29, 0.717) is 26.2 Å². The molecule has 160 valence electrons. The molecule has 4 rings (SSSR count). The molecule has 0 saturated carbocycles. The smallest absolute Gasteiger partial charge is 0.340 e. The normalized spacial score (nSPS) is 21.7. The van der Waals surface area contributed by atoms with Crippen molar-refractivity contribution in [3.05, 3.63) is 47.8 Å². The minimum absolute atomic E-state index is 0.00829. The number of benzene rings is 1. The van der Waals surface area contributed by atoms with Crippen molar-refractivity contribution >= 4 is 21.7 Å². The summed E-state index contributed by atoms with van der Waals surface area (Å²) in [5.41, 5.74) is -0.850. The second-order valence-corrected chi connectivity index (χ2v) is 9.63. The lowest BCUT2D eigenvalue weighted by molar-refractivity contribution is -0.141. The van der Waals surface area contributed by atoms with Crippen LogP contribution in [0.25, 0.3) is 0 Å². The topological polar surface area (TPSA) is 83.5 Å². The van der Waals surface area contributed by atoms with Crippen LogP contribution in [0.15, 0.2) is 41.4 Å². The minimum Gasteiger partial charge on any atom is -0.340 e. The van der Waals surface area contributed by atoms with Crippen LogP contribution >= 0.6 is 0 Å². The summed E-state index contributed by atoms with van der Waals surface area (Å²) in [4.78, 5) is 23.9. The number of nitrogens with zero attached hydrogens (tertiary/aromatic N) is 4. The van der Waals surface area contributed by atoms with Gasteiger partial charge < -0.3 is 9.80 Å². The molecule has 1 amide bonds. The van der Waals surface area contributed by atoms with Crippen molar-refractivity contribution in [2.75, 3.05) is 37.3 Å². The number of carbonyl (C=O) groups is 1. The van der Waals surface area contributed by atoms with Crippen LogP contribution in [0, 0.1) is 11.8 Å². The molecule has 2 atom stereocenters. The summed E-state index contributed by atoms with van der Waals surface area (Å²) in [6.45, 7) is 1.67. The highest BCUT2D eigenvalue weighted by molar-refractivity contribution is 7.90. The predicted molar refractivity (Wildman–Crippen MR) is 102 cm³/mol. The molecule has 2 aliphatic rings. The summed E-state index contributed by atoms with van der Waals surface area (Å²) < 4.78 is 62.7. The molecule has 0 spiro atoms. The number of fused-ring (bicyclic) bond motifs is 1. The highest BCUT2D eigenvalue weighted by Gasteiger charge is 2.43. The standard InChI is InChI=1S/C19H19F3N4O3S/c1-30(28,29)15-5-3-2-4-14(15)17(27)25-8-12-10-26(11-13(12)9-25)18-23-7-6-16(24-18)19(20,21)22/h2-7,12-13H,8-11H2,1H3. The van der Waals surface area contributed by atoms with Gasteiger partial charge in [-0.1, -0.05) is 12.1 Å². The Morgan fingerprint density at radius 2 is 1.70 bits per heavy atom. The summed E-state index contributed by atoms with van der Waals surface area (Å²) in [5.74, 6) is -0.221. The van der Waals surface area contributed by atoms with Crippen LogP contribution in [0.1, 0.15) is 16.1 Å². The Hall–Kier alpha value is -2.69. The number of sulfone groups is 1. The van der Waals surface area contributed by atoms with Crippen molar-refractivity contribution in [1.29, 1.82) is 0 Å². The zero-order valence-corrected chi connectivity index (χ0v) is 16.8. The van der Waals surface area contributed by atoms with Gasteiger partial charge in [-0.15, -0.1) is 0 Å². The lowest BCUT2D eigenvalue weighted by Gasteiger charge is -2.22. The second-order valence-electron chi connectivity index (χ2n) is 7.64. The maximum absolute atomic E-state index is 13.0. The fourth-order valence-electron chi connectivity index (χ4n) is 4.12. The van der Waals surface area contributed by atoms with Gasteiger partial charge >= 0.3 is 6.18 Å². The van der Waals surface area contributed by atoms with Crippen LogP contribution < -0.4 is 4.90 Å². The van der Waals surface area contributed by atoms with Crippen LogP contribution in [-0.4, -0.2) is 61.6 Å². The van der Waals surface area contributed by atoms with Crippen LogP contribution in [0.4, 0.5) is 19.1 Å². The maximum atomic E-state index is 13.0. The number of amides is 1. The van der Waals surface area contributed by atoms with Crippen LogP contribution in [-0.2, 0) is 16.0 Å². The van der Waals surface area contributed by atoms with E-state index in [-0.39, 0.29) is 34.2 Å². The van der Waals surface area contributed by atoms with E-state index in [1.165, 1.54) is 12.1 Å². The van der Waals surface area contributed by atoms with Gasteiger partial charge in [0.15, 0.2) is 9.84 Å². The third-order valence-electron chi connectivity index (χ3n) is 5.51. The number of halogens is 3. The quantitative estimate of drug-likeness (QED) is 0.727. The fraction of sp³-hybridized carbons (Fsp3) is 0.421. The Morgan fingerprint density at radius 3 is 2.30 bits per heavy atom. The zero-order valence-electron chi connectivity index (χ0n) is 16.0. The zero-order chi connectivity index (χ0) is 21.7. The highest BCUT2D eigenvalue weighted by atomic mass is 32.2. The number of hydrogen-bond donors (Lipinski definition) is 0. The summed E-state index contributed by atoms with van der Waals surface area (Å²) in [7, 11) is -3.55. The monoisotopic (exact) mass is 440 g/mol. The molecule has 30 heavy (non-hydrogen) atoms. The van der Waals surface area contributed by atoms with Gasteiger partial charge in [0.25, 0.3) is 5.91 Å². The molecule has 0 radical (unpaired) electrons. The molecule has 11 heteroatoms. The van der Waals surface area contributed by atoms with Crippen LogP contribution in [0.3, 0.4) is 0 Å². The largest absolute Gasteiger partial charge is 0.433 e. The molecule has 2 saturated heterocycles. The number of alkyl halides is 3. The number of likely N-dealkylation sites (tertiary alicyclic amines) is 1. The fourth-order valence-corrected chi connectivity index (χ4v) is 5.00. The van der Waals surface area contributed by atoms with Crippen molar-refractivity contribution in [1.82, 2.24) is 14.9 Å². The van der Waals surface area contributed by atoms with E-state index in [1.807, 2.05) is 0 Å². The van der Waals surface area contributed by atoms with Crippen LogP contribution in [0.5, 0.6) is 0 Å². The van der Waals surface area contributed by atoms with Gasteiger partial charge in [0.05, 0.1) is 10.5 Å². The Bertz CT molecular complexity index is 1080. The van der Waals surface area contributed by atoms with Crippen molar-refractivity contribution < 1.29 is 26.4 Å². The molecule has 1 aromatic heterocycles. The van der Waals surface area contributed by atoms with E-state index in [4.69, 9.17) is 0 Å². The first-order valence-electron chi connectivity index (χ1n) is 9.27.